The predicted molar refractivity (Wildman–Crippen MR) is 77.8 cm³/mol. The molecule has 0 saturated heterocycles. The molecular weight excluding hydrogens is 236 g/mol. The van der Waals surface area contributed by atoms with Gasteiger partial charge in [-0.2, -0.15) is 0 Å². The Morgan fingerprint density at radius 1 is 1.05 bits per heavy atom. The van der Waals surface area contributed by atoms with Crippen LogP contribution in [0, 0.1) is 11.3 Å². The first kappa shape index (κ1) is 14.6. The zero-order valence-electron chi connectivity index (χ0n) is 12.8. The molecule has 0 aliphatic heterocycles. The lowest BCUT2D eigenvalue weighted by Gasteiger charge is -2.49. The Morgan fingerprint density at radius 3 is 1.95 bits per heavy atom. The minimum atomic E-state index is -0.215. The van der Waals surface area contributed by atoms with Gasteiger partial charge in [-0.05, 0) is 51.4 Å². The molecule has 19 heavy (non-hydrogen) atoms. The number of esters is 1. The Labute approximate surface area is 117 Å². The van der Waals surface area contributed by atoms with E-state index >= 15 is 0 Å². The van der Waals surface area contributed by atoms with Gasteiger partial charge in [-0.25, -0.2) is 4.79 Å². The first-order chi connectivity index (χ1) is 8.93. The molecule has 2 saturated carbocycles. The van der Waals surface area contributed by atoms with Crippen molar-refractivity contribution in [2.75, 3.05) is 0 Å². The van der Waals surface area contributed by atoms with Crippen molar-refractivity contribution in [2.24, 2.45) is 11.3 Å². The largest absolute Gasteiger partial charge is 0.455 e. The number of hydrogen-bond donors (Lipinski definition) is 0. The van der Waals surface area contributed by atoms with Crippen LogP contribution in [0.3, 0.4) is 0 Å². The quantitative estimate of drug-likeness (QED) is 0.546. The number of carbonyl (C=O) groups excluding carboxylic acids is 1. The van der Waals surface area contributed by atoms with E-state index in [4.69, 9.17) is 4.74 Å². The molecule has 2 aliphatic rings. The van der Waals surface area contributed by atoms with Crippen molar-refractivity contribution in [1.29, 1.82) is 0 Å². The van der Waals surface area contributed by atoms with Gasteiger partial charge in [-0.15, -0.1) is 0 Å². The van der Waals surface area contributed by atoms with Crippen molar-refractivity contribution in [3.8, 4) is 0 Å². The highest BCUT2D eigenvalue weighted by Gasteiger charge is 2.57. The SMILES string of the molecule is C=C(C)C(=O)OC1(C2(C(C)C)CCCC2)CCCC1. The van der Waals surface area contributed by atoms with E-state index in [1.165, 1.54) is 38.5 Å². The maximum Gasteiger partial charge on any atom is 0.333 e. The van der Waals surface area contributed by atoms with Gasteiger partial charge in [0.1, 0.15) is 5.60 Å². The summed E-state index contributed by atoms with van der Waals surface area (Å²) in [5.41, 5.74) is 0.519. The summed E-state index contributed by atoms with van der Waals surface area (Å²) in [6, 6.07) is 0. The van der Waals surface area contributed by atoms with E-state index in [9.17, 15) is 4.79 Å². The Hall–Kier alpha value is -0.790. The fourth-order valence-electron chi connectivity index (χ4n) is 4.48. The fourth-order valence-corrected chi connectivity index (χ4v) is 4.48. The molecule has 0 amide bonds. The second-order valence-electron chi connectivity index (χ2n) is 6.89. The van der Waals surface area contributed by atoms with E-state index in [1.807, 2.05) is 0 Å². The molecule has 0 radical (unpaired) electrons. The van der Waals surface area contributed by atoms with Crippen LogP contribution in [0.1, 0.15) is 72.1 Å². The molecule has 0 heterocycles. The van der Waals surface area contributed by atoms with Gasteiger partial charge in [0.05, 0.1) is 0 Å². The summed E-state index contributed by atoms with van der Waals surface area (Å²) >= 11 is 0. The zero-order valence-corrected chi connectivity index (χ0v) is 12.8. The van der Waals surface area contributed by atoms with Crippen LogP contribution in [0.2, 0.25) is 0 Å². The molecule has 2 heteroatoms. The van der Waals surface area contributed by atoms with E-state index in [0.29, 0.717) is 11.5 Å². The summed E-state index contributed by atoms with van der Waals surface area (Å²) in [5.74, 6) is 0.389. The van der Waals surface area contributed by atoms with E-state index in [0.717, 1.165) is 12.8 Å². The van der Waals surface area contributed by atoms with Gasteiger partial charge in [0.15, 0.2) is 0 Å². The molecule has 0 bridgehead atoms. The van der Waals surface area contributed by atoms with Crippen molar-refractivity contribution in [3.05, 3.63) is 12.2 Å². The molecule has 0 spiro atoms. The van der Waals surface area contributed by atoms with Crippen molar-refractivity contribution in [2.45, 2.75) is 77.7 Å². The van der Waals surface area contributed by atoms with Crippen LogP contribution >= 0.6 is 0 Å². The molecule has 0 aromatic rings. The van der Waals surface area contributed by atoms with E-state index in [2.05, 4.69) is 20.4 Å². The van der Waals surface area contributed by atoms with Crippen molar-refractivity contribution in [3.63, 3.8) is 0 Å². The second-order valence-corrected chi connectivity index (χ2v) is 6.89. The van der Waals surface area contributed by atoms with Crippen LogP contribution in [0.25, 0.3) is 0 Å². The summed E-state index contributed by atoms with van der Waals surface area (Å²) in [6.07, 6.45) is 9.47. The molecule has 0 unspecified atom stereocenters. The lowest BCUT2D eigenvalue weighted by atomic mass is 9.62. The zero-order chi connectivity index (χ0) is 14.1. The number of hydrogen-bond acceptors (Lipinski definition) is 2. The Bertz CT molecular complexity index is 355. The maximum atomic E-state index is 12.1. The van der Waals surface area contributed by atoms with Gasteiger partial charge >= 0.3 is 5.97 Å². The standard InChI is InChI=1S/C17H28O2/c1-13(2)15(18)19-17(11-7-8-12-17)16(14(3)4)9-5-6-10-16/h14H,1,5-12H2,2-4H3. The molecular formula is C17H28O2. The Morgan fingerprint density at radius 2 is 1.53 bits per heavy atom. The van der Waals surface area contributed by atoms with Crippen LogP contribution in [0.15, 0.2) is 12.2 Å². The molecule has 0 atom stereocenters. The number of carbonyl (C=O) groups is 1. The van der Waals surface area contributed by atoms with Gasteiger partial charge in [0, 0.05) is 11.0 Å². The monoisotopic (exact) mass is 264 g/mol. The number of rotatable bonds is 4. The molecule has 2 rings (SSSR count). The van der Waals surface area contributed by atoms with Crippen molar-refractivity contribution >= 4 is 5.97 Å². The first-order valence-electron chi connectivity index (χ1n) is 7.82. The fraction of sp³-hybridized carbons (Fsp3) is 0.824. The minimum absolute atomic E-state index is 0.186. The molecule has 0 N–H and O–H groups in total. The molecule has 0 aromatic carbocycles. The van der Waals surface area contributed by atoms with Crippen LogP contribution in [0.5, 0.6) is 0 Å². The van der Waals surface area contributed by atoms with Gasteiger partial charge in [0.2, 0.25) is 0 Å². The summed E-state index contributed by atoms with van der Waals surface area (Å²) < 4.78 is 6.07. The van der Waals surface area contributed by atoms with E-state index in [1.54, 1.807) is 6.92 Å². The molecule has 2 nitrogen and oxygen atoms in total. The second kappa shape index (κ2) is 5.30. The van der Waals surface area contributed by atoms with Gasteiger partial charge < -0.3 is 4.74 Å². The van der Waals surface area contributed by atoms with E-state index < -0.39 is 0 Å². The molecule has 0 aromatic heterocycles. The first-order valence-corrected chi connectivity index (χ1v) is 7.82. The van der Waals surface area contributed by atoms with Gasteiger partial charge in [0.25, 0.3) is 0 Å². The third kappa shape index (κ3) is 2.34. The Balaban J connectivity index is 2.32. The smallest absolute Gasteiger partial charge is 0.333 e. The van der Waals surface area contributed by atoms with Crippen molar-refractivity contribution < 1.29 is 9.53 Å². The summed E-state index contributed by atoms with van der Waals surface area (Å²) in [5, 5.41) is 0. The summed E-state index contributed by atoms with van der Waals surface area (Å²) in [6.45, 7) is 10.1. The topological polar surface area (TPSA) is 26.3 Å². The summed E-state index contributed by atoms with van der Waals surface area (Å²) in [4.78, 5) is 12.1. The highest BCUT2D eigenvalue weighted by molar-refractivity contribution is 5.87. The average Bonchev–Trinajstić information content (AvgIpc) is 2.97. The van der Waals surface area contributed by atoms with Crippen LogP contribution in [0.4, 0.5) is 0 Å². The Kier molecular flexibility index (Phi) is 4.08. The average molecular weight is 264 g/mol. The lowest BCUT2D eigenvalue weighted by molar-refractivity contribution is -0.178. The maximum absolute atomic E-state index is 12.1. The molecule has 2 fully saturated rings. The van der Waals surface area contributed by atoms with Crippen LogP contribution < -0.4 is 0 Å². The highest BCUT2D eigenvalue weighted by Crippen LogP contribution is 2.59. The van der Waals surface area contributed by atoms with Gasteiger partial charge in [-0.1, -0.05) is 33.3 Å². The van der Waals surface area contributed by atoms with Crippen LogP contribution in [-0.4, -0.2) is 11.6 Å². The third-order valence-corrected chi connectivity index (χ3v) is 5.56. The third-order valence-electron chi connectivity index (χ3n) is 5.56. The normalized spacial score (nSPS) is 24.6. The van der Waals surface area contributed by atoms with Crippen molar-refractivity contribution in [1.82, 2.24) is 0 Å². The highest BCUT2D eigenvalue weighted by atomic mass is 16.6. The summed E-state index contributed by atoms with van der Waals surface area (Å²) in [7, 11) is 0. The van der Waals surface area contributed by atoms with Gasteiger partial charge in [-0.3, -0.25) is 0 Å². The minimum Gasteiger partial charge on any atom is -0.455 e. The predicted octanol–water partition coefficient (Wildman–Crippen LogP) is 4.63. The van der Waals surface area contributed by atoms with E-state index in [-0.39, 0.29) is 17.0 Å². The van der Waals surface area contributed by atoms with Crippen LogP contribution in [-0.2, 0) is 9.53 Å². The lowest BCUT2D eigenvalue weighted by Crippen LogP contribution is -2.51. The molecule has 108 valence electrons. The molecule has 2 aliphatic carbocycles. The number of ether oxygens (including phenoxy) is 1.